The zero-order chi connectivity index (χ0) is 50.0. The molecule has 0 amide bonds. The monoisotopic (exact) mass is 959 g/mol. The Balaban J connectivity index is 4.45. The molecule has 0 aromatic carbocycles. The van der Waals surface area contributed by atoms with Gasteiger partial charge >= 0.3 is 17.9 Å². The van der Waals surface area contributed by atoms with E-state index >= 15 is 0 Å². The molecule has 0 aliphatic rings. The Labute approximate surface area is 426 Å². The molecule has 0 aromatic rings. The SMILES string of the molecule is CC/C=C\C/C=C\C/C=C\CCCCCCCC(=O)OC[C@H](COC(=O)CCCCCCCCCCC/C=C\C/C=C\CCCCC)OC(=O)CCCCCC/C=C\C/C=C\C/C=C\CCCCC. The first-order valence-corrected chi connectivity index (χ1v) is 28.7. The van der Waals surface area contributed by atoms with Crippen LogP contribution >= 0.6 is 0 Å². The van der Waals surface area contributed by atoms with Crippen LogP contribution in [0.15, 0.2) is 97.2 Å². The summed E-state index contributed by atoms with van der Waals surface area (Å²) in [6.07, 6.45) is 75.3. The van der Waals surface area contributed by atoms with E-state index in [1.54, 1.807) is 0 Å². The van der Waals surface area contributed by atoms with Crippen molar-refractivity contribution in [1.29, 1.82) is 0 Å². The van der Waals surface area contributed by atoms with Crippen molar-refractivity contribution in [2.75, 3.05) is 13.2 Å². The zero-order valence-corrected chi connectivity index (χ0v) is 45.0. The minimum atomic E-state index is -0.800. The quantitative estimate of drug-likeness (QED) is 0.0262. The number of carbonyl (C=O) groups is 3. The number of allylic oxidation sites excluding steroid dienone is 16. The molecule has 0 aliphatic heterocycles. The van der Waals surface area contributed by atoms with Crippen molar-refractivity contribution < 1.29 is 28.6 Å². The van der Waals surface area contributed by atoms with Gasteiger partial charge in [-0.25, -0.2) is 0 Å². The number of unbranched alkanes of at least 4 members (excludes halogenated alkanes) is 24. The Morgan fingerprint density at radius 1 is 0.304 bits per heavy atom. The van der Waals surface area contributed by atoms with E-state index in [-0.39, 0.29) is 31.1 Å². The summed E-state index contributed by atoms with van der Waals surface area (Å²) in [4.78, 5) is 38.2. The molecule has 0 saturated heterocycles. The van der Waals surface area contributed by atoms with Crippen LogP contribution in [0.1, 0.15) is 265 Å². The highest BCUT2D eigenvalue weighted by Gasteiger charge is 2.19. The predicted molar refractivity (Wildman–Crippen MR) is 297 cm³/mol. The smallest absolute Gasteiger partial charge is 0.306 e. The van der Waals surface area contributed by atoms with Crippen LogP contribution in [-0.2, 0) is 28.6 Å². The van der Waals surface area contributed by atoms with Gasteiger partial charge in [-0.3, -0.25) is 14.4 Å². The van der Waals surface area contributed by atoms with Gasteiger partial charge in [0.1, 0.15) is 13.2 Å². The maximum atomic E-state index is 12.9. The summed E-state index contributed by atoms with van der Waals surface area (Å²) in [5, 5.41) is 0. The molecular formula is C63H106O6. The van der Waals surface area contributed by atoms with Crippen LogP contribution in [0.4, 0.5) is 0 Å². The molecule has 0 fully saturated rings. The summed E-state index contributed by atoms with van der Waals surface area (Å²) in [5.41, 5.74) is 0. The van der Waals surface area contributed by atoms with Crippen molar-refractivity contribution in [3.63, 3.8) is 0 Å². The van der Waals surface area contributed by atoms with Crippen molar-refractivity contribution in [2.45, 2.75) is 271 Å². The molecule has 6 nitrogen and oxygen atoms in total. The fraction of sp³-hybridized carbons (Fsp3) is 0.698. The lowest BCUT2D eigenvalue weighted by Gasteiger charge is -2.18. The molecule has 0 spiro atoms. The maximum absolute atomic E-state index is 12.9. The Kier molecular flexibility index (Phi) is 53.9. The molecule has 0 saturated carbocycles. The normalized spacial score (nSPS) is 12.8. The number of esters is 3. The summed E-state index contributed by atoms with van der Waals surface area (Å²) in [6, 6.07) is 0. The molecule has 0 aliphatic carbocycles. The first-order chi connectivity index (χ1) is 34.0. The third-order valence-electron chi connectivity index (χ3n) is 12.0. The van der Waals surface area contributed by atoms with Crippen LogP contribution in [0.2, 0.25) is 0 Å². The molecule has 69 heavy (non-hydrogen) atoms. The number of rotatable bonds is 51. The average molecular weight is 960 g/mol. The lowest BCUT2D eigenvalue weighted by atomic mass is 10.1. The highest BCUT2D eigenvalue weighted by atomic mass is 16.6. The molecular weight excluding hydrogens is 853 g/mol. The van der Waals surface area contributed by atoms with E-state index in [0.29, 0.717) is 19.3 Å². The van der Waals surface area contributed by atoms with E-state index in [0.717, 1.165) is 128 Å². The van der Waals surface area contributed by atoms with Crippen LogP contribution in [0.25, 0.3) is 0 Å². The van der Waals surface area contributed by atoms with Crippen LogP contribution in [0, 0.1) is 0 Å². The van der Waals surface area contributed by atoms with Crippen molar-refractivity contribution in [2.24, 2.45) is 0 Å². The van der Waals surface area contributed by atoms with Gasteiger partial charge in [0.15, 0.2) is 6.10 Å². The molecule has 394 valence electrons. The fourth-order valence-electron chi connectivity index (χ4n) is 7.73. The topological polar surface area (TPSA) is 78.9 Å². The number of ether oxygens (including phenoxy) is 3. The van der Waals surface area contributed by atoms with Crippen molar-refractivity contribution >= 4 is 17.9 Å². The van der Waals surface area contributed by atoms with Crippen molar-refractivity contribution in [1.82, 2.24) is 0 Å². The molecule has 0 heterocycles. The second-order valence-corrected chi connectivity index (χ2v) is 18.8. The summed E-state index contributed by atoms with van der Waals surface area (Å²) in [6.45, 7) is 6.45. The lowest BCUT2D eigenvalue weighted by molar-refractivity contribution is -0.167. The van der Waals surface area contributed by atoms with Gasteiger partial charge in [0, 0.05) is 19.3 Å². The maximum Gasteiger partial charge on any atom is 0.306 e. The first-order valence-electron chi connectivity index (χ1n) is 28.7. The Bertz CT molecular complexity index is 1380. The Morgan fingerprint density at radius 3 is 0.884 bits per heavy atom. The molecule has 6 heteroatoms. The summed E-state index contributed by atoms with van der Waals surface area (Å²) in [5.74, 6) is -0.935. The van der Waals surface area contributed by atoms with Gasteiger partial charge in [-0.05, 0) is 122 Å². The molecule has 0 radical (unpaired) electrons. The third kappa shape index (κ3) is 55.1. The molecule has 0 N–H and O–H groups in total. The summed E-state index contributed by atoms with van der Waals surface area (Å²) < 4.78 is 16.8. The van der Waals surface area contributed by atoms with E-state index in [4.69, 9.17) is 14.2 Å². The lowest BCUT2D eigenvalue weighted by Crippen LogP contribution is -2.30. The minimum absolute atomic E-state index is 0.0951. The highest BCUT2D eigenvalue weighted by molar-refractivity contribution is 5.71. The van der Waals surface area contributed by atoms with Crippen LogP contribution < -0.4 is 0 Å². The van der Waals surface area contributed by atoms with Crippen LogP contribution in [0.5, 0.6) is 0 Å². The second kappa shape index (κ2) is 56.9. The molecule has 0 rings (SSSR count). The zero-order valence-electron chi connectivity index (χ0n) is 45.0. The molecule has 0 aromatic heterocycles. The van der Waals surface area contributed by atoms with Crippen LogP contribution in [0.3, 0.4) is 0 Å². The fourth-order valence-corrected chi connectivity index (χ4v) is 7.73. The second-order valence-electron chi connectivity index (χ2n) is 18.8. The standard InChI is InChI=1S/C63H106O6/c1-4-7-10-13-16-19-22-25-28-30-31-33-35-38-41-44-47-50-53-56-62(65)68-59-60(58-67-61(64)55-52-49-46-43-40-37-34-27-24-21-18-15-12-9-6-3)69-63(66)57-54-51-48-45-42-39-36-32-29-26-23-20-17-14-11-8-5-2/h9,12,16-21,25-29,34,36,39,60H,4-8,10-11,13-15,22-24,30-33,35,37-38,40-59H2,1-3H3/b12-9-,19-16-,20-17-,21-18-,28-25-,29-26-,34-27-,39-36-/t60-/m1/s1. The Hall–Kier alpha value is -3.67. The predicted octanol–water partition coefficient (Wildman–Crippen LogP) is 19.3. The van der Waals surface area contributed by atoms with Gasteiger partial charge in [-0.2, -0.15) is 0 Å². The number of hydrogen-bond acceptors (Lipinski definition) is 6. The van der Waals surface area contributed by atoms with Gasteiger partial charge in [-0.15, -0.1) is 0 Å². The van der Waals surface area contributed by atoms with E-state index in [9.17, 15) is 14.4 Å². The molecule has 1 atom stereocenters. The van der Waals surface area contributed by atoms with Gasteiger partial charge in [-0.1, -0.05) is 221 Å². The van der Waals surface area contributed by atoms with Crippen LogP contribution in [-0.4, -0.2) is 37.2 Å². The molecule has 0 bridgehead atoms. The number of carbonyl (C=O) groups excluding carboxylic acids is 3. The van der Waals surface area contributed by atoms with Gasteiger partial charge in [0.25, 0.3) is 0 Å². The van der Waals surface area contributed by atoms with Gasteiger partial charge in [0.05, 0.1) is 0 Å². The summed E-state index contributed by atoms with van der Waals surface area (Å²) in [7, 11) is 0. The first kappa shape index (κ1) is 65.3. The highest BCUT2D eigenvalue weighted by Crippen LogP contribution is 2.14. The Morgan fingerprint density at radius 2 is 0.565 bits per heavy atom. The van der Waals surface area contributed by atoms with Crippen molar-refractivity contribution in [3.8, 4) is 0 Å². The third-order valence-corrected chi connectivity index (χ3v) is 12.0. The largest absolute Gasteiger partial charge is 0.462 e. The van der Waals surface area contributed by atoms with Gasteiger partial charge < -0.3 is 14.2 Å². The molecule has 0 unspecified atom stereocenters. The van der Waals surface area contributed by atoms with Gasteiger partial charge in [0.2, 0.25) is 0 Å². The number of hydrogen-bond donors (Lipinski definition) is 0. The van der Waals surface area contributed by atoms with E-state index < -0.39 is 6.10 Å². The average Bonchev–Trinajstić information content (AvgIpc) is 3.35. The van der Waals surface area contributed by atoms with E-state index in [1.165, 1.54) is 96.3 Å². The summed E-state index contributed by atoms with van der Waals surface area (Å²) >= 11 is 0. The van der Waals surface area contributed by atoms with E-state index in [1.807, 2.05) is 0 Å². The van der Waals surface area contributed by atoms with E-state index in [2.05, 4.69) is 118 Å². The minimum Gasteiger partial charge on any atom is -0.462 e. The van der Waals surface area contributed by atoms with Crippen molar-refractivity contribution in [3.05, 3.63) is 97.2 Å².